The van der Waals surface area contributed by atoms with Gasteiger partial charge in [-0.25, -0.2) is 4.99 Å². The molecule has 3 N–H and O–H groups in total. The van der Waals surface area contributed by atoms with Crippen LogP contribution in [0.3, 0.4) is 0 Å². The highest BCUT2D eigenvalue weighted by Gasteiger charge is 2.15. The normalized spacial score (nSPS) is 15.4. The molecule has 1 aromatic rings. The molecule has 0 atom stereocenters. The number of furan rings is 1. The van der Waals surface area contributed by atoms with Gasteiger partial charge in [0.05, 0.1) is 12.8 Å². The van der Waals surface area contributed by atoms with Gasteiger partial charge < -0.3 is 25.3 Å². The molecule has 1 aliphatic heterocycles. The summed E-state index contributed by atoms with van der Waals surface area (Å²) in [4.78, 5) is 30.1. The lowest BCUT2D eigenvalue weighted by Crippen LogP contribution is -2.40. The van der Waals surface area contributed by atoms with Crippen LogP contribution in [0.5, 0.6) is 0 Å². The van der Waals surface area contributed by atoms with Crippen molar-refractivity contribution in [2.45, 2.75) is 45.6 Å². The van der Waals surface area contributed by atoms with Gasteiger partial charge in [0.2, 0.25) is 11.8 Å². The number of carbonyl (C=O) groups excluding carboxylic acids is 2. The van der Waals surface area contributed by atoms with Gasteiger partial charge in [0.1, 0.15) is 12.3 Å². The Hall–Kier alpha value is -2.51. The molecule has 0 aliphatic carbocycles. The molecule has 2 heterocycles. The third-order valence-electron chi connectivity index (χ3n) is 4.33. The SMILES string of the molecule is CCNC(=NCC(=O)NCc1ccco1)NCCCN1CCCCCC1=O. The molecule has 8 nitrogen and oxygen atoms in total. The van der Waals surface area contributed by atoms with Crippen LogP contribution in [0.1, 0.15) is 44.8 Å². The molecule has 1 aliphatic rings. The molecule has 0 unspecified atom stereocenters. The summed E-state index contributed by atoms with van der Waals surface area (Å²) in [6, 6.07) is 3.59. The number of guanidine groups is 1. The molecule has 1 aromatic heterocycles. The van der Waals surface area contributed by atoms with E-state index in [0.29, 0.717) is 37.8 Å². The highest BCUT2D eigenvalue weighted by Crippen LogP contribution is 2.11. The van der Waals surface area contributed by atoms with E-state index in [1.54, 1.807) is 12.3 Å². The first-order chi connectivity index (χ1) is 13.2. The van der Waals surface area contributed by atoms with E-state index in [2.05, 4.69) is 20.9 Å². The number of hydrogen-bond acceptors (Lipinski definition) is 4. The van der Waals surface area contributed by atoms with Crippen molar-refractivity contribution in [3.8, 4) is 0 Å². The number of likely N-dealkylation sites (tertiary alicyclic amines) is 1. The maximum absolute atomic E-state index is 12.0. The first kappa shape index (κ1) is 20.8. The standard InChI is InChI=1S/C19H31N5O3/c1-2-20-19(23-15-17(25)22-14-16-8-6-13-27-16)21-10-7-12-24-11-5-3-4-9-18(24)26/h6,8,13H,2-5,7,9-12,14-15H2,1H3,(H,22,25)(H2,20,21,23). The quantitative estimate of drug-likeness (QED) is 0.342. The fourth-order valence-electron chi connectivity index (χ4n) is 2.90. The predicted octanol–water partition coefficient (Wildman–Crippen LogP) is 1.24. The summed E-state index contributed by atoms with van der Waals surface area (Å²) in [7, 11) is 0. The average Bonchev–Trinajstić information content (AvgIpc) is 3.10. The van der Waals surface area contributed by atoms with Gasteiger partial charge in [0.25, 0.3) is 0 Å². The van der Waals surface area contributed by atoms with E-state index < -0.39 is 0 Å². The van der Waals surface area contributed by atoms with Gasteiger partial charge >= 0.3 is 0 Å². The third kappa shape index (κ3) is 8.15. The number of rotatable bonds is 9. The molecule has 8 heteroatoms. The molecule has 0 spiro atoms. The van der Waals surface area contributed by atoms with Crippen LogP contribution in [0.2, 0.25) is 0 Å². The Morgan fingerprint density at radius 1 is 1.26 bits per heavy atom. The van der Waals surface area contributed by atoms with Gasteiger partial charge in [-0.3, -0.25) is 9.59 Å². The second-order valence-corrected chi connectivity index (χ2v) is 6.52. The van der Waals surface area contributed by atoms with E-state index in [9.17, 15) is 9.59 Å². The number of nitrogens with one attached hydrogen (secondary N) is 3. The molecule has 0 aromatic carbocycles. The Morgan fingerprint density at radius 3 is 2.93 bits per heavy atom. The minimum Gasteiger partial charge on any atom is -0.467 e. The average molecular weight is 377 g/mol. The summed E-state index contributed by atoms with van der Waals surface area (Å²) in [6.07, 6.45) is 6.33. The minimum atomic E-state index is -0.168. The van der Waals surface area contributed by atoms with E-state index >= 15 is 0 Å². The van der Waals surface area contributed by atoms with E-state index in [-0.39, 0.29) is 18.4 Å². The fraction of sp³-hybridized carbons (Fsp3) is 0.632. The van der Waals surface area contributed by atoms with Gasteiger partial charge in [-0.2, -0.15) is 0 Å². The number of aliphatic imine (C=N–C) groups is 1. The summed E-state index contributed by atoms with van der Waals surface area (Å²) in [5.74, 6) is 1.41. The maximum atomic E-state index is 12.0. The van der Waals surface area contributed by atoms with Crippen LogP contribution >= 0.6 is 0 Å². The molecule has 2 amide bonds. The van der Waals surface area contributed by atoms with E-state index in [0.717, 1.165) is 38.8 Å². The van der Waals surface area contributed by atoms with Crippen LogP contribution in [0.15, 0.2) is 27.8 Å². The first-order valence-corrected chi connectivity index (χ1v) is 9.78. The van der Waals surface area contributed by atoms with Crippen molar-refractivity contribution < 1.29 is 14.0 Å². The zero-order valence-electron chi connectivity index (χ0n) is 16.1. The highest BCUT2D eigenvalue weighted by molar-refractivity contribution is 5.84. The molecule has 0 radical (unpaired) electrons. The molecule has 0 bridgehead atoms. The molecule has 27 heavy (non-hydrogen) atoms. The van der Waals surface area contributed by atoms with Crippen molar-refractivity contribution in [2.24, 2.45) is 4.99 Å². The van der Waals surface area contributed by atoms with Crippen LogP contribution in [0.25, 0.3) is 0 Å². The second-order valence-electron chi connectivity index (χ2n) is 6.52. The van der Waals surface area contributed by atoms with Crippen molar-refractivity contribution in [1.82, 2.24) is 20.9 Å². The van der Waals surface area contributed by atoms with Crippen LogP contribution in [0.4, 0.5) is 0 Å². The smallest absolute Gasteiger partial charge is 0.242 e. The lowest BCUT2D eigenvalue weighted by Gasteiger charge is -2.20. The monoisotopic (exact) mass is 377 g/mol. The first-order valence-electron chi connectivity index (χ1n) is 9.78. The number of amides is 2. The topological polar surface area (TPSA) is 99.0 Å². The van der Waals surface area contributed by atoms with Gasteiger partial charge in [0, 0.05) is 32.6 Å². The Bertz CT molecular complexity index is 600. The van der Waals surface area contributed by atoms with Crippen molar-refractivity contribution in [3.05, 3.63) is 24.2 Å². The largest absolute Gasteiger partial charge is 0.467 e. The van der Waals surface area contributed by atoms with Crippen LogP contribution < -0.4 is 16.0 Å². The van der Waals surface area contributed by atoms with Crippen LogP contribution in [-0.4, -0.2) is 55.4 Å². The Kier molecular flexibility index (Phi) is 9.23. The summed E-state index contributed by atoms with van der Waals surface area (Å²) in [5.41, 5.74) is 0. The van der Waals surface area contributed by atoms with Crippen LogP contribution in [0, 0.1) is 0 Å². The van der Waals surface area contributed by atoms with E-state index in [1.165, 1.54) is 0 Å². The highest BCUT2D eigenvalue weighted by atomic mass is 16.3. The van der Waals surface area contributed by atoms with Crippen molar-refractivity contribution in [1.29, 1.82) is 0 Å². The number of hydrogen-bond donors (Lipinski definition) is 3. The summed E-state index contributed by atoms with van der Waals surface area (Å²) in [5, 5.41) is 9.11. The molecule has 0 saturated carbocycles. The van der Waals surface area contributed by atoms with Gasteiger partial charge in [-0.05, 0) is 38.3 Å². The maximum Gasteiger partial charge on any atom is 0.242 e. The zero-order chi connectivity index (χ0) is 19.3. The predicted molar refractivity (Wildman–Crippen MR) is 104 cm³/mol. The second kappa shape index (κ2) is 12.0. The molecular weight excluding hydrogens is 346 g/mol. The molecular formula is C19H31N5O3. The van der Waals surface area contributed by atoms with Gasteiger partial charge in [-0.1, -0.05) is 6.42 Å². The lowest BCUT2D eigenvalue weighted by atomic mass is 10.2. The van der Waals surface area contributed by atoms with Crippen molar-refractivity contribution >= 4 is 17.8 Å². The number of carbonyl (C=O) groups is 2. The van der Waals surface area contributed by atoms with E-state index in [1.807, 2.05) is 17.9 Å². The van der Waals surface area contributed by atoms with Crippen molar-refractivity contribution in [3.63, 3.8) is 0 Å². The van der Waals surface area contributed by atoms with Gasteiger partial charge in [0.15, 0.2) is 5.96 Å². The lowest BCUT2D eigenvalue weighted by molar-refractivity contribution is -0.130. The van der Waals surface area contributed by atoms with Crippen molar-refractivity contribution in [2.75, 3.05) is 32.7 Å². The summed E-state index contributed by atoms with van der Waals surface area (Å²) >= 11 is 0. The third-order valence-corrected chi connectivity index (χ3v) is 4.33. The van der Waals surface area contributed by atoms with E-state index in [4.69, 9.17) is 4.42 Å². The van der Waals surface area contributed by atoms with Crippen LogP contribution in [-0.2, 0) is 16.1 Å². The fourth-order valence-corrected chi connectivity index (χ4v) is 2.90. The molecule has 2 rings (SSSR count). The molecule has 1 saturated heterocycles. The Labute approximate surface area is 160 Å². The Morgan fingerprint density at radius 2 is 2.15 bits per heavy atom. The molecule has 150 valence electrons. The number of nitrogens with zero attached hydrogens (tertiary/aromatic N) is 2. The van der Waals surface area contributed by atoms with Gasteiger partial charge in [-0.15, -0.1) is 0 Å². The summed E-state index contributed by atoms with van der Waals surface area (Å²) < 4.78 is 5.18. The zero-order valence-corrected chi connectivity index (χ0v) is 16.1. The molecule has 1 fully saturated rings. The Balaban J connectivity index is 1.67. The minimum absolute atomic E-state index is 0.0423. The summed E-state index contributed by atoms with van der Waals surface area (Å²) in [6.45, 7) is 5.41.